The van der Waals surface area contributed by atoms with Crippen molar-refractivity contribution < 1.29 is 28.6 Å². The first-order valence-corrected chi connectivity index (χ1v) is 11.4. The number of carbonyl (C=O) groups excluding carboxylic acids is 3. The van der Waals surface area contributed by atoms with Crippen molar-refractivity contribution in [2.75, 3.05) is 13.7 Å². The molecule has 0 N–H and O–H groups in total. The van der Waals surface area contributed by atoms with Gasteiger partial charge in [0, 0.05) is 6.54 Å². The van der Waals surface area contributed by atoms with Gasteiger partial charge in [-0.25, -0.2) is 9.59 Å². The SMILES string of the molecule is COC(=O)[C@@H]1[C@H](C(=O)OC(c2ccccc2)c2ccccc2)CCN1C(=O)OCc1ccccc1. The zero-order chi connectivity index (χ0) is 24.6. The van der Waals surface area contributed by atoms with Crippen molar-refractivity contribution in [1.29, 1.82) is 0 Å². The average molecular weight is 474 g/mol. The summed E-state index contributed by atoms with van der Waals surface area (Å²) in [5.41, 5.74) is 2.43. The van der Waals surface area contributed by atoms with E-state index in [4.69, 9.17) is 14.2 Å². The number of rotatable bonds is 7. The first-order chi connectivity index (χ1) is 17.1. The minimum Gasteiger partial charge on any atom is -0.467 e. The summed E-state index contributed by atoms with van der Waals surface area (Å²) in [5.74, 6) is -2.13. The molecule has 2 atom stereocenters. The number of hydrogen-bond donors (Lipinski definition) is 0. The maximum absolute atomic E-state index is 13.4. The minimum atomic E-state index is -1.12. The Kier molecular flexibility index (Phi) is 7.77. The van der Waals surface area contributed by atoms with Gasteiger partial charge in [0.2, 0.25) is 0 Å². The summed E-state index contributed by atoms with van der Waals surface area (Å²) in [6.45, 7) is 0.234. The molecule has 0 bridgehead atoms. The predicted octanol–water partition coefficient (Wildman–Crippen LogP) is 4.52. The van der Waals surface area contributed by atoms with E-state index in [0.717, 1.165) is 16.7 Å². The molecular weight excluding hydrogens is 446 g/mol. The second-order valence-electron chi connectivity index (χ2n) is 8.24. The van der Waals surface area contributed by atoms with Gasteiger partial charge in [0.25, 0.3) is 0 Å². The van der Waals surface area contributed by atoms with Gasteiger partial charge in [-0.1, -0.05) is 91.0 Å². The number of methoxy groups -OCH3 is 1. The Morgan fingerprint density at radius 2 is 1.37 bits per heavy atom. The van der Waals surface area contributed by atoms with E-state index in [9.17, 15) is 14.4 Å². The lowest BCUT2D eigenvalue weighted by Crippen LogP contribution is -2.46. The van der Waals surface area contributed by atoms with E-state index < -0.39 is 36.1 Å². The Bertz CT molecular complexity index is 1100. The summed E-state index contributed by atoms with van der Waals surface area (Å²) in [4.78, 5) is 40.1. The van der Waals surface area contributed by atoms with Crippen LogP contribution in [0.25, 0.3) is 0 Å². The molecular formula is C28H27NO6. The summed E-state index contributed by atoms with van der Waals surface area (Å²) in [6.07, 6.45) is -1.07. The van der Waals surface area contributed by atoms with Crippen molar-refractivity contribution in [3.63, 3.8) is 0 Å². The van der Waals surface area contributed by atoms with Gasteiger partial charge < -0.3 is 14.2 Å². The van der Waals surface area contributed by atoms with Crippen molar-refractivity contribution in [2.24, 2.45) is 5.92 Å². The van der Waals surface area contributed by atoms with Crippen LogP contribution in [0.2, 0.25) is 0 Å². The Hall–Kier alpha value is -4.13. The molecule has 1 fully saturated rings. The summed E-state index contributed by atoms with van der Waals surface area (Å²) in [5, 5.41) is 0. The van der Waals surface area contributed by atoms with Crippen molar-refractivity contribution in [1.82, 2.24) is 4.90 Å². The first-order valence-electron chi connectivity index (χ1n) is 11.4. The fraction of sp³-hybridized carbons (Fsp3) is 0.250. The van der Waals surface area contributed by atoms with Crippen LogP contribution in [-0.2, 0) is 30.4 Å². The van der Waals surface area contributed by atoms with Crippen molar-refractivity contribution in [2.45, 2.75) is 25.2 Å². The highest BCUT2D eigenvalue weighted by atomic mass is 16.6. The fourth-order valence-electron chi connectivity index (χ4n) is 4.25. The monoisotopic (exact) mass is 473 g/mol. The molecule has 0 unspecified atom stereocenters. The van der Waals surface area contributed by atoms with Crippen LogP contribution in [0.3, 0.4) is 0 Å². The van der Waals surface area contributed by atoms with Gasteiger partial charge in [0.05, 0.1) is 13.0 Å². The smallest absolute Gasteiger partial charge is 0.410 e. The molecule has 3 aromatic rings. The lowest BCUT2D eigenvalue weighted by molar-refractivity contribution is -0.159. The first kappa shape index (κ1) is 24.0. The molecule has 0 radical (unpaired) electrons. The lowest BCUT2D eigenvalue weighted by Gasteiger charge is -2.26. The highest BCUT2D eigenvalue weighted by molar-refractivity contribution is 5.89. The highest BCUT2D eigenvalue weighted by Crippen LogP contribution is 2.32. The molecule has 7 nitrogen and oxygen atoms in total. The topological polar surface area (TPSA) is 82.1 Å². The van der Waals surface area contributed by atoms with Crippen LogP contribution < -0.4 is 0 Å². The molecule has 35 heavy (non-hydrogen) atoms. The highest BCUT2D eigenvalue weighted by Gasteiger charge is 2.48. The number of amides is 1. The third-order valence-corrected chi connectivity index (χ3v) is 6.02. The molecule has 1 aliphatic heterocycles. The molecule has 180 valence electrons. The maximum Gasteiger partial charge on any atom is 0.410 e. The summed E-state index contributed by atoms with van der Waals surface area (Å²) in [7, 11) is 1.23. The van der Waals surface area contributed by atoms with Crippen LogP contribution in [0, 0.1) is 5.92 Å². The Labute approximate surface area is 204 Å². The summed E-state index contributed by atoms with van der Waals surface area (Å²) >= 11 is 0. The minimum absolute atomic E-state index is 0.0588. The molecule has 3 aromatic carbocycles. The van der Waals surface area contributed by atoms with Crippen LogP contribution in [0.4, 0.5) is 4.79 Å². The van der Waals surface area contributed by atoms with E-state index in [2.05, 4.69) is 0 Å². The van der Waals surface area contributed by atoms with E-state index in [0.29, 0.717) is 0 Å². The number of hydrogen-bond acceptors (Lipinski definition) is 6. The normalized spacial score (nSPS) is 17.1. The Morgan fingerprint density at radius 1 is 0.829 bits per heavy atom. The predicted molar refractivity (Wildman–Crippen MR) is 128 cm³/mol. The fourth-order valence-corrected chi connectivity index (χ4v) is 4.25. The third-order valence-electron chi connectivity index (χ3n) is 6.02. The number of benzene rings is 3. The van der Waals surface area contributed by atoms with Gasteiger partial charge in [0.1, 0.15) is 12.6 Å². The van der Waals surface area contributed by atoms with Gasteiger partial charge in [0.15, 0.2) is 6.10 Å². The number of likely N-dealkylation sites (tertiary alicyclic amines) is 1. The molecule has 0 spiro atoms. The van der Waals surface area contributed by atoms with Crippen molar-refractivity contribution >= 4 is 18.0 Å². The van der Waals surface area contributed by atoms with Crippen LogP contribution in [0.15, 0.2) is 91.0 Å². The van der Waals surface area contributed by atoms with E-state index in [1.54, 1.807) is 0 Å². The number of ether oxygens (including phenoxy) is 3. The van der Waals surface area contributed by atoms with Gasteiger partial charge in [-0.3, -0.25) is 9.69 Å². The largest absolute Gasteiger partial charge is 0.467 e. The zero-order valence-electron chi connectivity index (χ0n) is 19.4. The third kappa shape index (κ3) is 5.69. The van der Waals surface area contributed by atoms with Gasteiger partial charge in [-0.15, -0.1) is 0 Å². The molecule has 7 heteroatoms. The van der Waals surface area contributed by atoms with Crippen molar-refractivity contribution in [3.8, 4) is 0 Å². The molecule has 1 saturated heterocycles. The lowest BCUT2D eigenvalue weighted by atomic mass is 9.98. The Morgan fingerprint density at radius 3 is 1.91 bits per heavy atom. The van der Waals surface area contributed by atoms with Crippen molar-refractivity contribution in [3.05, 3.63) is 108 Å². The van der Waals surface area contributed by atoms with E-state index >= 15 is 0 Å². The summed E-state index contributed by atoms with van der Waals surface area (Å²) in [6, 6.07) is 26.9. The molecule has 0 saturated carbocycles. The van der Waals surface area contributed by atoms with E-state index in [1.165, 1.54) is 12.0 Å². The van der Waals surface area contributed by atoms with Crippen LogP contribution in [0.5, 0.6) is 0 Å². The summed E-state index contributed by atoms with van der Waals surface area (Å²) < 4.78 is 16.3. The van der Waals surface area contributed by atoms with Crippen LogP contribution >= 0.6 is 0 Å². The average Bonchev–Trinajstić information content (AvgIpc) is 3.37. The van der Waals surface area contributed by atoms with Crippen LogP contribution in [0.1, 0.15) is 29.2 Å². The van der Waals surface area contributed by atoms with E-state index in [-0.39, 0.29) is 19.6 Å². The molecule has 4 rings (SSSR count). The Balaban J connectivity index is 1.51. The molecule has 1 amide bonds. The molecule has 0 aliphatic carbocycles. The molecule has 1 heterocycles. The maximum atomic E-state index is 13.4. The number of esters is 2. The second kappa shape index (κ2) is 11.3. The van der Waals surface area contributed by atoms with Gasteiger partial charge in [-0.2, -0.15) is 0 Å². The van der Waals surface area contributed by atoms with E-state index in [1.807, 2.05) is 91.0 Å². The van der Waals surface area contributed by atoms with Gasteiger partial charge in [-0.05, 0) is 23.1 Å². The number of carbonyl (C=O) groups is 3. The molecule has 0 aromatic heterocycles. The van der Waals surface area contributed by atoms with Gasteiger partial charge >= 0.3 is 18.0 Å². The quantitative estimate of drug-likeness (QED) is 0.371. The molecule has 1 aliphatic rings. The zero-order valence-corrected chi connectivity index (χ0v) is 19.4. The standard InChI is InChI=1S/C28H27NO6/c1-33-27(31)24-23(17-18-29(24)28(32)34-19-20-11-5-2-6-12-20)26(30)35-25(21-13-7-3-8-14-21)22-15-9-4-10-16-22/h2-16,23-25H,17-19H2,1H3/t23-,24+/m1/s1. The second-order valence-corrected chi connectivity index (χ2v) is 8.24. The number of nitrogens with zero attached hydrogens (tertiary/aromatic N) is 1. The van der Waals surface area contributed by atoms with Crippen LogP contribution in [-0.4, -0.2) is 42.6 Å².